The predicted molar refractivity (Wildman–Crippen MR) is 101 cm³/mol. The fraction of sp³-hybridized carbons (Fsp3) is 0.667. The molecule has 0 aromatic heterocycles. The minimum atomic E-state index is -0.667. The Hall–Kier alpha value is -1.63. The Bertz CT molecular complexity index is 671. The molecule has 2 fully saturated rings. The van der Waals surface area contributed by atoms with E-state index in [4.69, 9.17) is 14.2 Å². The van der Waals surface area contributed by atoms with Crippen molar-refractivity contribution in [2.75, 3.05) is 27.1 Å². The van der Waals surface area contributed by atoms with E-state index in [0.29, 0.717) is 6.42 Å². The summed E-state index contributed by atoms with van der Waals surface area (Å²) in [5, 5.41) is 10.1. The van der Waals surface area contributed by atoms with E-state index >= 15 is 0 Å². The molecule has 0 saturated carbocycles. The van der Waals surface area contributed by atoms with Crippen molar-refractivity contribution in [3.05, 3.63) is 29.8 Å². The van der Waals surface area contributed by atoms with Gasteiger partial charge in [-0.05, 0) is 52.6 Å². The molecule has 150 valence electrons. The Labute approximate surface area is 161 Å². The largest absolute Gasteiger partial charge is 0.467 e. The topological polar surface area (TPSA) is 68.2 Å². The van der Waals surface area contributed by atoms with E-state index in [9.17, 15) is 9.90 Å². The van der Waals surface area contributed by atoms with Crippen molar-refractivity contribution < 1.29 is 24.1 Å². The van der Waals surface area contributed by atoms with Crippen molar-refractivity contribution in [1.29, 1.82) is 0 Å². The van der Waals surface area contributed by atoms with Crippen molar-refractivity contribution in [3.63, 3.8) is 0 Å². The van der Waals surface area contributed by atoms with E-state index < -0.39 is 11.1 Å². The number of hydrogen-bond acceptors (Lipinski definition) is 6. The lowest BCUT2D eigenvalue weighted by atomic mass is 9.87. The first-order valence-corrected chi connectivity index (χ1v) is 9.64. The predicted octanol–water partition coefficient (Wildman–Crippen LogP) is 2.90. The average Bonchev–Trinajstić information content (AvgIpc) is 3.15. The molecule has 2 saturated heterocycles. The Balaban J connectivity index is 1.96. The summed E-state index contributed by atoms with van der Waals surface area (Å²) < 4.78 is 16.6. The monoisotopic (exact) mass is 377 g/mol. The van der Waals surface area contributed by atoms with Crippen LogP contribution in [0.25, 0.3) is 0 Å². The molecule has 2 aliphatic heterocycles. The van der Waals surface area contributed by atoms with Gasteiger partial charge < -0.3 is 19.3 Å². The molecule has 0 bridgehead atoms. The molecule has 3 rings (SSSR count). The third-order valence-electron chi connectivity index (χ3n) is 5.50. The number of carbonyl (C=O) groups is 1. The number of rotatable bonds is 6. The molecule has 0 radical (unpaired) electrons. The average molecular weight is 377 g/mol. The molecule has 0 unspecified atom stereocenters. The highest BCUT2D eigenvalue weighted by Gasteiger charge is 2.60. The van der Waals surface area contributed by atoms with Crippen LogP contribution >= 0.6 is 0 Å². The van der Waals surface area contributed by atoms with Crippen molar-refractivity contribution in [3.8, 4) is 5.75 Å². The molecule has 1 aromatic carbocycles. The van der Waals surface area contributed by atoms with Gasteiger partial charge in [0.1, 0.15) is 16.9 Å². The van der Waals surface area contributed by atoms with Crippen LogP contribution < -0.4 is 4.74 Å². The summed E-state index contributed by atoms with van der Waals surface area (Å²) in [6, 6.07) is 7.72. The number of aliphatic hydroxyl groups excluding tert-OH is 1. The van der Waals surface area contributed by atoms with Gasteiger partial charge >= 0.3 is 5.97 Å². The van der Waals surface area contributed by atoms with E-state index in [1.54, 1.807) is 7.11 Å². The number of para-hydroxylation sites is 1. The number of nitrogens with zero attached hydrogens (tertiary/aromatic N) is 1. The lowest BCUT2D eigenvalue weighted by Crippen LogP contribution is -2.49. The van der Waals surface area contributed by atoms with E-state index in [2.05, 4.69) is 4.90 Å². The molecule has 6 heteroatoms. The molecule has 2 aliphatic rings. The van der Waals surface area contributed by atoms with Crippen LogP contribution in [0, 0.1) is 5.92 Å². The highest BCUT2D eigenvalue weighted by molar-refractivity contribution is 5.82. The summed E-state index contributed by atoms with van der Waals surface area (Å²) in [6.07, 6.45) is 2.30. The molecule has 0 aliphatic carbocycles. The van der Waals surface area contributed by atoms with E-state index in [1.165, 1.54) is 0 Å². The molecular weight excluding hydrogens is 346 g/mol. The number of carbonyl (C=O) groups excluding carboxylic acids is 1. The van der Waals surface area contributed by atoms with Gasteiger partial charge in [-0.2, -0.15) is 0 Å². The summed E-state index contributed by atoms with van der Waals surface area (Å²) in [5.41, 5.74) is -0.215. The smallest absolute Gasteiger partial charge is 0.327 e. The van der Waals surface area contributed by atoms with Gasteiger partial charge in [0, 0.05) is 31.2 Å². The van der Waals surface area contributed by atoms with Gasteiger partial charge in [0.15, 0.2) is 6.79 Å². The standard InChI is InChI=1S/C21H31NO5/c1-20(2,3)27-19(24)21-10-7-11-22(21)18(15(12-21)13-23)16-8-5-6-9-17(16)26-14-25-4/h5-6,8-9,15,18,23H,7,10-14H2,1-4H3/t15-,18-,21-/m1/s1. The number of benzene rings is 1. The van der Waals surface area contributed by atoms with Gasteiger partial charge in [0.2, 0.25) is 0 Å². The van der Waals surface area contributed by atoms with Crippen LogP contribution in [-0.4, -0.2) is 54.2 Å². The lowest BCUT2D eigenvalue weighted by Gasteiger charge is -2.35. The van der Waals surface area contributed by atoms with E-state index in [-0.39, 0.29) is 31.3 Å². The Morgan fingerprint density at radius 2 is 2.07 bits per heavy atom. The second-order valence-electron chi connectivity index (χ2n) is 8.51. The van der Waals surface area contributed by atoms with Crippen LogP contribution in [0.3, 0.4) is 0 Å². The highest BCUT2D eigenvalue weighted by Crippen LogP contribution is 2.54. The molecule has 2 heterocycles. The summed E-state index contributed by atoms with van der Waals surface area (Å²) in [7, 11) is 1.59. The minimum Gasteiger partial charge on any atom is -0.467 e. The zero-order chi connectivity index (χ0) is 19.7. The number of methoxy groups -OCH3 is 1. The first-order valence-electron chi connectivity index (χ1n) is 9.64. The van der Waals surface area contributed by atoms with E-state index in [0.717, 1.165) is 30.7 Å². The third kappa shape index (κ3) is 3.84. The molecule has 27 heavy (non-hydrogen) atoms. The zero-order valence-electron chi connectivity index (χ0n) is 16.7. The number of ether oxygens (including phenoxy) is 3. The van der Waals surface area contributed by atoms with Crippen LogP contribution in [0.15, 0.2) is 24.3 Å². The summed E-state index contributed by atoms with van der Waals surface area (Å²) in [4.78, 5) is 15.4. The van der Waals surface area contributed by atoms with Gasteiger partial charge in [-0.1, -0.05) is 18.2 Å². The fourth-order valence-electron chi connectivity index (χ4n) is 4.56. The van der Waals surface area contributed by atoms with Gasteiger partial charge in [-0.25, -0.2) is 0 Å². The second-order valence-corrected chi connectivity index (χ2v) is 8.51. The molecule has 0 amide bonds. The van der Waals surface area contributed by atoms with Crippen LogP contribution in [0.2, 0.25) is 0 Å². The normalized spacial score (nSPS) is 28.2. The van der Waals surface area contributed by atoms with Crippen LogP contribution in [0.5, 0.6) is 5.75 Å². The molecule has 1 N–H and O–H groups in total. The van der Waals surface area contributed by atoms with Crippen molar-refractivity contribution in [2.24, 2.45) is 5.92 Å². The summed E-state index contributed by atoms with van der Waals surface area (Å²) >= 11 is 0. The maximum absolute atomic E-state index is 13.2. The van der Waals surface area contributed by atoms with Gasteiger partial charge in [0.05, 0.1) is 0 Å². The van der Waals surface area contributed by atoms with Crippen molar-refractivity contribution in [1.82, 2.24) is 4.90 Å². The molecule has 3 atom stereocenters. The molecule has 6 nitrogen and oxygen atoms in total. The van der Waals surface area contributed by atoms with Gasteiger partial charge in [-0.3, -0.25) is 9.69 Å². The highest BCUT2D eigenvalue weighted by atomic mass is 16.7. The SMILES string of the molecule is COCOc1ccccc1[C@H]1[C@@H](CO)C[C@@]2(C(=O)OC(C)(C)C)CCCN12. The Morgan fingerprint density at radius 1 is 1.33 bits per heavy atom. The van der Waals surface area contributed by atoms with Crippen LogP contribution in [0.4, 0.5) is 0 Å². The van der Waals surface area contributed by atoms with E-state index in [1.807, 2.05) is 45.0 Å². The van der Waals surface area contributed by atoms with Gasteiger partial charge in [-0.15, -0.1) is 0 Å². The molecule has 1 aromatic rings. The van der Waals surface area contributed by atoms with Crippen LogP contribution in [0.1, 0.15) is 51.6 Å². The second kappa shape index (κ2) is 7.78. The van der Waals surface area contributed by atoms with Crippen LogP contribution in [-0.2, 0) is 14.3 Å². The molecular formula is C21H31NO5. The van der Waals surface area contributed by atoms with Gasteiger partial charge in [0.25, 0.3) is 0 Å². The zero-order valence-corrected chi connectivity index (χ0v) is 16.7. The minimum absolute atomic E-state index is 0.0182. The Kier molecular flexibility index (Phi) is 5.79. The maximum Gasteiger partial charge on any atom is 0.327 e. The Morgan fingerprint density at radius 3 is 2.74 bits per heavy atom. The number of hydrogen-bond donors (Lipinski definition) is 1. The lowest BCUT2D eigenvalue weighted by molar-refractivity contribution is -0.167. The third-order valence-corrected chi connectivity index (χ3v) is 5.50. The van der Waals surface area contributed by atoms with Crippen molar-refractivity contribution >= 4 is 5.97 Å². The number of aliphatic hydroxyl groups is 1. The number of esters is 1. The molecule has 0 spiro atoms. The fourth-order valence-corrected chi connectivity index (χ4v) is 4.56. The maximum atomic E-state index is 13.2. The first kappa shape index (κ1) is 20.1. The quantitative estimate of drug-likeness (QED) is 0.607. The summed E-state index contributed by atoms with van der Waals surface area (Å²) in [5.74, 6) is 0.503. The number of fused-ring (bicyclic) bond motifs is 1. The first-order chi connectivity index (χ1) is 12.8. The summed E-state index contributed by atoms with van der Waals surface area (Å²) in [6.45, 7) is 6.66. The van der Waals surface area contributed by atoms with Crippen molar-refractivity contribution in [2.45, 2.75) is 57.2 Å².